The van der Waals surface area contributed by atoms with Gasteiger partial charge in [0.05, 0.1) is 16.4 Å². The van der Waals surface area contributed by atoms with Crippen LogP contribution in [0.3, 0.4) is 0 Å². The summed E-state index contributed by atoms with van der Waals surface area (Å²) in [6.45, 7) is 0. The summed E-state index contributed by atoms with van der Waals surface area (Å²) in [5.41, 5.74) is 1.04. The molecule has 0 saturated carbocycles. The van der Waals surface area contributed by atoms with E-state index in [0.29, 0.717) is 20.8 Å². The highest BCUT2D eigenvalue weighted by Gasteiger charge is 2.13. The van der Waals surface area contributed by atoms with Crippen molar-refractivity contribution in [3.8, 4) is 5.75 Å². The van der Waals surface area contributed by atoms with E-state index < -0.39 is 0 Å². The van der Waals surface area contributed by atoms with E-state index in [1.54, 1.807) is 30.5 Å². The van der Waals surface area contributed by atoms with Gasteiger partial charge in [-0.25, -0.2) is 0 Å². The van der Waals surface area contributed by atoms with Gasteiger partial charge in [0.15, 0.2) is 0 Å². The molecule has 1 aromatic carbocycles. The van der Waals surface area contributed by atoms with Crippen LogP contribution in [0, 0.1) is 5.41 Å². The Bertz CT molecular complexity index is 572. The summed E-state index contributed by atoms with van der Waals surface area (Å²) in [7, 11) is 0. The van der Waals surface area contributed by atoms with Gasteiger partial charge in [0, 0.05) is 22.3 Å². The minimum Gasteiger partial charge on any atom is -0.507 e. The lowest BCUT2D eigenvalue weighted by Gasteiger charge is -2.07. The summed E-state index contributed by atoms with van der Waals surface area (Å²) >= 11 is 9.10. The van der Waals surface area contributed by atoms with Gasteiger partial charge in [-0.05, 0) is 34.1 Å². The zero-order valence-corrected chi connectivity index (χ0v) is 11.0. The molecule has 2 aromatic rings. The zero-order valence-electron chi connectivity index (χ0n) is 8.61. The second-order valence-corrected chi connectivity index (χ2v) is 4.63. The monoisotopic (exact) mass is 310 g/mol. The van der Waals surface area contributed by atoms with Crippen LogP contribution in [0.15, 0.2) is 41.0 Å². The fourth-order valence-electron chi connectivity index (χ4n) is 1.39. The molecule has 2 N–H and O–H groups in total. The van der Waals surface area contributed by atoms with Crippen LogP contribution in [0.4, 0.5) is 0 Å². The standard InChI is InChI=1S/C12H8BrClN2O/c13-8-5-7(11(17)6-9(8)14)12(15)10-3-1-2-4-16-10/h1-6,15,17H. The average molecular weight is 312 g/mol. The molecule has 0 unspecified atom stereocenters. The first-order valence-corrected chi connectivity index (χ1v) is 5.95. The quantitative estimate of drug-likeness (QED) is 0.832. The number of hydrogen-bond donors (Lipinski definition) is 2. The van der Waals surface area contributed by atoms with Gasteiger partial charge in [0.1, 0.15) is 5.75 Å². The van der Waals surface area contributed by atoms with Crippen molar-refractivity contribution in [3.63, 3.8) is 0 Å². The summed E-state index contributed by atoms with van der Waals surface area (Å²) in [5, 5.41) is 18.2. The summed E-state index contributed by atoms with van der Waals surface area (Å²) in [6.07, 6.45) is 1.60. The Hall–Kier alpha value is -1.39. The van der Waals surface area contributed by atoms with Crippen LogP contribution >= 0.6 is 27.5 Å². The third kappa shape index (κ3) is 2.48. The lowest BCUT2D eigenvalue weighted by Crippen LogP contribution is -2.04. The number of aromatic hydroxyl groups is 1. The first-order chi connectivity index (χ1) is 8.09. The van der Waals surface area contributed by atoms with E-state index in [9.17, 15) is 5.11 Å². The van der Waals surface area contributed by atoms with Crippen molar-refractivity contribution >= 4 is 33.2 Å². The molecule has 5 heteroatoms. The molecule has 3 nitrogen and oxygen atoms in total. The number of pyridine rings is 1. The van der Waals surface area contributed by atoms with Gasteiger partial charge < -0.3 is 5.11 Å². The molecule has 1 aromatic heterocycles. The third-order valence-corrected chi connectivity index (χ3v) is 3.43. The molecule has 86 valence electrons. The van der Waals surface area contributed by atoms with E-state index in [0.717, 1.165) is 0 Å². The maximum absolute atomic E-state index is 9.77. The lowest BCUT2D eigenvalue weighted by molar-refractivity contribution is 0.474. The molecule has 1 heterocycles. The van der Waals surface area contributed by atoms with Crippen molar-refractivity contribution in [2.75, 3.05) is 0 Å². The predicted molar refractivity (Wildman–Crippen MR) is 71.0 cm³/mol. The lowest BCUT2D eigenvalue weighted by atomic mass is 10.1. The van der Waals surface area contributed by atoms with Crippen LogP contribution in [0.1, 0.15) is 11.3 Å². The minimum atomic E-state index is -0.0335. The first kappa shape index (κ1) is 12.1. The SMILES string of the molecule is N=C(c1ccccn1)c1cc(Br)c(Cl)cc1O. The molecule has 0 atom stereocenters. The second-order valence-electron chi connectivity index (χ2n) is 3.37. The Morgan fingerprint density at radius 2 is 2.12 bits per heavy atom. The number of aromatic nitrogens is 1. The molecule has 0 aliphatic rings. The smallest absolute Gasteiger partial charge is 0.126 e. The topological polar surface area (TPSA) is 57.0 Å². The molecule has 0 bridgehead atoms. The molecule has 0 aliphatic heterocycles. The molecular formula is C12H8BrClN2O. The number of halogens is 2. The summed E-state index contributed by atoms with van der Waals surface area (Å²) in [6, 6.07) is 8.28. The number of rotatable bonds is 2. The van der Waals surface area contributed by atoms with Crippen molar-refractivity contribution in [1.29, 1.82) is 5.41 Å². The Labute approximate surface area is 112 Å². The maximum atomic E-state index is 9.77. The van der Waals surface area contributed by atoms with Crippen LogP contribution in [0.5, 0.6) is 5.75 Å². The number of phenolic OH excluding ortho intramolecular Hbond substituents is 1. The van der Waals surface area contributed by atoms with Crippen LogP contribution in [-0.4, -0.2) is 15.8 Å². The molecule has 0 saturated heterocycles. The molecule has 17 heavy (non-hydrogen) atoms. The Morgan fingerprint density at radius 1 is 1.35 bits per heavy atom. The second kappa shape index (κ2) is 4.85. The van der Waals surface area contributed by atoms with Gasteiger partial charge in [-0.1, -0.05) is 17.7 Å². The molecule has 0 radical (unpaired) electrons. The van der Waals surface area contributed by atoms with E-state index in [1.165, 1.54) is 6.07 Å². The van der Waals surface area contributed by atoms with E-state index >= 15 is 0 Å². The third-order valence-electron chi connectivity index (χ3n) is 2.23. The highest BCUT2D eigenvalue weighted by molar-refractivity contribution is 9.10. The van der Waals surface area contributed by atoms with E-state index in [1.807, 2.05) is 0 Å². The van der Waals surface area contributed by atoms with Crippen LogP contribution < -0.4 is 0 Å². The van der Waals surface area contributed by atoms with Gasteiger partial charge in [-0.2, -0.15) is 0 Å². The summed E-state index contributed by atoms with van der Waals surface area (Å²) in [4.78, 5) is 4.06. The number of nitrogens with one attached hydrogen (secondary N) is 1. The number of hydrogen-bond acceptors (Lipinski definition) is 3. The fourth-order valence-corrected chi connectivity index (χ4v) is 1.89. The largest absolute Gasteiger partial charge is 0.507 e. The van der Waals surface area contributed by atoms with Crippen molar-refractivity contribution in [2.45, 2.75) is 0 Å². The van der Waals surface area contributed by atoms with E-state index in [-0.39, 0.29) is 11.5 Å². The average Bonchev–Trinajstić information content (AvgIpc) is 2.34. The Morgan fingerprint density at radius 3 is 2.76 bits per heavy atom. The fraction of sp³-hybridized carbons (Fsp3) is 0. The highest BCUT2D eigenvalue weighted by atomic mass is 79.9. The molecule has 0 aliphatic carbocycles. The van der Waals surface area contributed by atoms with Gasteiger partial charge in [-0.15, -0.1) is 0 Å². The molecule has 0 spiro atoms. The Balaban J connectivity index is 2.48. The predicted octanol–water partition coefficient (Wildman–Crippen LogP) is 3.62. The van der Waals surface area contributed by atoms with Crippen molar-refractivity contribution < 1.29 is 5.11 Å². The van der Waals surface area contributed by atoms with Crippen LogP contribution in [-0.2, 0) is 0 Å². The van der Waals surface area contributed by atoms with Crippen molar-refractivity contribution in [3.05, 3.63) is 57.3 Å². The molecular weight excluding hydrogens is 304 g/mol. The summed E-state index contributed by atoms with van der Waals surface area (Å²) < 4.78 is 0.632. The van der Waals surface area contributed by atoms with Crippen LogP contribution in [0.25, 0.3) is 0 Å². The molecule has 2 rings (SSSR count). The van der Waals surface area contributed by atoms with Crippen LogP contribution in [0.2, 0.25) is 5.02 Å². The molecule has 0 amide bonds. The van der Waals surface area contributed by atoms with Gasteiger partial charge in [0.2, 0.25) is 0 Å². The minimum absolute atomic E-state index is 0.0335. The van der Waals surface area contributed by atoms with Gasteiger partial charge >= 0.3 is 0 Å². The zero-order chi connectivity index (χ0) is 12.4. The van der Waals surface area contributed by atoms with E-state index in [4.69, 9.17) is 17.0 Å². The Kier molecular flexibility index (Phi) is 3.45. The summed E-state index contributed by atoms with van der Waals surface area (Å²) in [5.74, 6) is -0.0335. The van der Waals surface area contributed by atoms with E-state index in [2.05, 4.69) is 20.9 Å². The first-order valence-electron chi connectivity index (χ1n) is 4.78. The highest BCUT2D eigenvalue weighted by Crippen LogP contribution is 2.31. The maximum Gasteiger partial charge on any atom is 0.126 e. The van der Waals surface area contributed by atoms with Crippen molar-refractivity contribution in [2.24, 2.45) is 0 Å². The molecule has 0 fully saturated rings. The normalized spacial score (nSPS) is 10.2. The number of benzene rings is 1. The number of phenols is 1. The van der Waals surface area contributed by atoms with Gasteiger partial charge in [0.25, 0.3) is 0 Å². The number of nitrogens with zero attached hydrogens (tertiary/aromatic N) is 1. The van der Waals surface area contributed by atoms with Crippen molar-refractivity contribution in [1.82, 2.24) is 4.98 Å². The van der Waals surface area contributed by atoms with Gasteiger partial charge in [-0.3, -0.25) is 10.4 Å².